The second-order valence-corrected chi connectivity index (χ2v) is 6.61. The fourth-order valence-corrected chi connectivity index (χ4v) is 2.86. The summed E-state index contributed by atoms with van der Waals surface area (Å²) < 4.78 is 5.82. The van der Waals surface area contributed by atoms with Gasteiger partial charge in [0.15, 0.2) is 5.78 Å². The molecule has 4 rings (SSSR count). The minimum Gasteiger partial charge on any atom is -0.489 e. The first-order chi connectivity index (χ1) is 13.2. The molecule has 0 atom stereocenters. The zero-order valence-electron chi connectivity index (χ0n) is 14.4. The van der Waals surface area contributed by atoms with Crippen LogP contribution in [0, 0.1) is 0 Å². The molecule has 1 N–H and O–H groups in total. The first-order valence-electron chi connectivity index (χ1n) is 8.46. The van der Waals surface area contributed by atoms with Crippen molar-refractivity contribution in [1.82, 2.24) is 9.97 Å². The Balaban J connectivity index is 1.37. The lowest BCUT2D eigenvalue weighted by Crippen LogP contribution is -2.05. The Hall–Kier alpha value is -3.18. The van der Waals surface area contributed by atoms with Gasteiger partial charge in [0.1, 0.15) is 12.4 Å². The van der Waals surface area contributed by atoms with Crippen molar-refractivity contribution in [2.45, 2.75) is 13.0 Å². The van der Waals surface area contributed by atoms with Crippen LogP contribution in [0.25, 0.3) is 6.08 Å². The molecule has 6 heteroatoms. The van der Waals surface area contributed by atoms with Gasteiger partial charge in [0, 0.05) is 35.1 Å². The van der Waals surface area contributed by atoms with Gasteiger partial charge in [-0.25, -0.2) is 9.97 Å². The van der Waals surface area contributed by atoms with E-state index >= 15 is 0 Å². The number of nitrogens with zero attached hydrogens (tertiary/aromatic N) is 2. The van der Waals surface area contributed by atoms with E-state index < -0.39 is 0 Å². The molecular weight excluding hydrogens is 362 g/mol. The van der Waals surface area contributed by atoms with Gasteiger partial charge in [-0.3, -0.25) is 4.79 Å². The van der Waals surface area contributed by atoms with Crippen molar-refractivity contribution < 1.29 is 9.53 Å². The van der Waals surface area contributed by atoms with Gasteiger partial charge < -0.3 is 10.1 Å². The Morgan fingerprint density at radius 3 is 2.59 bits per heavy atom. The average molecular weight is 378 g/mol. The monoisotopic (exact) mass is 377 g/mol. The number of aromatic nitrogens is 2. The number of rotatable bonds is 5. The van der Waals surface area contributed by atoms with E-state index in [9.17, 15) is 4.79 Å². The van der Waals surface area contributed by atoms with E-state index in [1.54, 1.807) is 30.6 Å². The van der Waals surface area contributed by atoms with Crippen LogP contribution >= 0.6 is 11.6 Å². The molecule has 0 saturated carbocycles. The van der Waals surface area contributed by atoms with Crippen molar-refractivity contribution >= 4 is 35.1 Å². The number of benzene rings is 2. The van der Waals surface area contributed by atoms with Crippen LogP contribution in [0.15, 0.2) is 60.9 Å². The maximum absolute atomic E-state index is 11.4. The van der Waals surface area contributed by atoms with Crippen molar-refractivity contribution in [3.8, 4) is 5.75 Å². The summed E-state index contributed by atoms with van der Waals surface area (Å²) in [5, 5.41) is 3.79. The van der Waals surface area contributed by atoms with Crippen molar-refractivity contribution in [3.63, 3.8) is 0 Å². The predicted octanol–water partition coefficient (Wildman–Crippen LogP) is 4.59. The van der Waals surface area contributed by atoms with Gasteiger partial charge in [0.2, 0.25) is 5.95 Å². The van der Waals surface area contributed by atoms with E-state index in [0.29, 0.717) is 24.0 Å². The van der Waals surface area contributed by atoms with Crippen LogP contribution in [-0.2, 0) is 17.8 Å². The predicted molar refractivity (Wildman–Crippen MR) is 105 cm³/mol. The van der Waals surface area contributed by atoms with Gasteiger partial charge in [-0.15, -0.1) is 0 Å². The average Bonchev–Trinajstić information content (AvgIpc) is 2.69. The lowest BCUT2D eigenvalue weighted by atomic mass is 9.96. The van der Waals surface area contributed by atoms with Gasteiger partial charge in [-0.05, 0) is 53.6 Å². The zero-order chi connectivity index (χ0) is 18.6. The Morgan fingerprint density at radius 1 is 1.04 bits per heavy atom. The quantitative estimate of drug-likeness (QED) is 0.704. The third-order valence-electron chi connectivity index (χ3n) is 4.14. The maximum atomic E-state index is 11.4. The molecule has 1 aliphatic rings. The standard InChI is InChI=1S/C21H16ClN3O2/c22-17-3-5-18(6-4-17)25-21-23-11-14(12-24-21)13-27-20-8-2-15-9-19(26)7-1-16(15)10-20/h1-8,10-12H,9,13H2,(H,23,24,25). The van der Waals surface area contributed by atoms with Crippen LogP contribution in [0.3, 0.4) is 0 Å². The molecule has 3 aromatic rings. The highest BCUT2D eigenvalue weighted by Gasteiger charge is 2.11. The molecule has 0 fully saturated rings. The van der Waals surface area contributed by atoms with Crippen LogP contribution in [0.4, 0.5) is 11.6 Å². The van der Waals surface area contributed by atoms with E-state index in [1.807, 2.05) is 36.4 Å². The Kier molecular flexibility index (Phi) is 4.85. The summed E-state index contributed by atoms with van der Waals surface area (Å²) in [6, 6.07) is 13.1. The minimum atomic E-state index is 0.126. The van der Waals surface area contributed by atoms with Crippen molar-refractivity contribution in [2.24, 2.45) is 0 Å². The summed E-state index contributed by atoms with van der Waals surface area (Å²) in [6.45, 7) is 0.364. The SMILES string of the molecule is O=C1C=Cc2cc(OCc3cnc(Nc4ccc(Cl)cc4)nc3)ccc2C1. The Labute approximate surface area is 161 Å². The van der Waals surface area contributed by atoms with Gasteiger partial charge in [-0.2, -0.15) is 0 Å². The molecule has 0 radical (unpaired) electrons. The number of carbonyl (C=O) groups is 1. The molecule has 0 spiro atoms. The number of fused-ring (bicyclic) bond motifs is 1. The molecule has 0 amide bonds. The van der Waals surface area contributed by atoms with Crippen LogP contribution in [0.2, 0.25) is 5.02 Å². The number of carbonyl (C=O) groups excluding carboxylic acids is 1. The number of hydrogen-bond donors (Lipinski definition) is 1. The van der Waals surface area contributed by atoms with E-state index in [4.69, 9.17) is 16.3 Å². The fourth-order valence-electron chi connectivity index (χ4n) is 2.73. The molecule has 1 aromatic heterocycles. The van der Waals surface area contributed by atoms with E-state index in [-0.39, 0.29) is 5.78 Å². The van der Waals surface area contributed by atoms with Crippen LogP contribution in [-0.4, -0.2) is 15.8 Å². The largest absolute Gasteiger partial charge is 0.489 e. The van der Waals surface area contributed by atoms with E-state index in [1.165, 1.54) is 0 Å². The Bertz CT molecular complexity index is 999. The van der Waals surface area contributed by atoms with Crippen LogP contribution < -0.4 is 10.1 Å². The van der Waals surface area contributed by atoms with Crippen LogP contribution in [0.1, 0.15) is 16.7 Å². The van der Waals surface area contributed by atoms with Gasteiger partial charge in [-0.1, -0.05) is 23.7 Å². The Morgan fingerprint density at radius 2 is 1.81 bits per heavy atom. The van der Waals surface area contributed by atoms with Crippen molar-refractivity contribution in [3.05, 3.63) is 82.6 Å². The third-order valence-corrected chi connectivity index (χ3v) is 4.39. The summed E-state index contributed by atoms with van der Waals surface area (Å²) in [5.74, 6) is 1.38. The number of nitrogens with one attached hydrogen (secondary N) is 1. The summed E-state index contributed by atoms with van der Waals surface area (Å²) >= 11 is 5.87. The third kappa shape index (κ3) is 4.33. The van der Waals surface area contributed by atoms with E-state index in [0.717, 1.165) is 28.1 Å². The van der Waals surface area contributed by atoms with Crippen LogP contribution in [0.5, 0.6) is 5.75 Å². The van der Waals surface area contributed by atoms with Gasteiger partial charge in [0.25, 0.3) is 0 Å². The van der Waals surface area contributed by atoms with Crippen molar-refractivity contribution in [2.75, 3.05) is 5.32 Å². The molecule has 27 heavy (non-hydrogen) atoms. The smallest absolute Gasteiger partial charge is 0.227 e. The zero-order valence-corrected chi connectivity index (χ0v) is 15.1. The first kappa shape index (κ1) is 17.2. The number of allylic oxidation sites excluding steroid dienone is 1. The number of hydrogen-bond acceptors (Lipinski definition) is 5. The highest BCUT2D eigenvalue weighted by Crippen LogP contribution is 2.23. The molecule has 134 valence electrons. The summed E-state index contributed by atoms with van der Waals surface area (Å²) in [5.41, 5.74) is 3.77. The molecular formula is C21H16ClN3O2. The summed E-state index contributed by atoms with van der Waals surface area (Å²) in [7, 11) is 0. The molecule has 5 nitrogen and oxygen atoms in total. The summed E-state index contributed by atoms with van der Waals surface area (Å²) in [6.07, 6.45) is 7.33. The highest BCUT2D eigenvalue weighted by atomic mass is 35.5. The van der Waals surface area contributed by atoms with Gasteiger partial charge >= 0.3 is 0 Å². The number of ether oxygens (including phenoxy) is 1. The van der Waals surface area contributed by atoms with E-state index in [2.05, 4.69) is 15.3 Å². The number of halogens is 1. The summed E-state index contributed by atoms with van der Waals surface area (Å²) in [4.78, 5) is 20.0. The van der Waals surface area contributed by atoms with Gasteiger partial charge in [0.05, 0.1) is 0 Å². The second-order valence-electron chi connectivity index (χ2n) is 6.17. The minimum absolute atomic E-state index is 0.126. The van der Waals surface area contributed by atoms with Crippen molar-refractivity contribution in [1.29, 1.82) is 0 Å². The number of ketones is 1. The maximum Gasteiger partial charge on any atom is 0.227 e. The highest BCUT2D eigenvalue weighted by molar-refractivity contribution is 6.30. The molecule has 0 aliphatic heterocycles. The molecule has 0 saturated heterocycles. The molecule has 2 aromatic carbocycles. The normalized spacial score (nSPS) is 12.6. The molecule has 1 heterocycles. The first-order valence-corrected chi connectivity index (χ1v) is 8.84. The molecule has 0 bridgehead atoms. The second kappa shape index (κ2) is 7.60. The topological polar surface area (TPSA) is 64.1 Å². The lowest BCUT2D eigenvalue weighted by Gasteiger charge is -2.12. The number of anilines is 2. The fraction of sp³-hybridized carbons (Fsp3) is 0.0952. The molecule has 1 aliphatic carbocycles. The molecule has 0 unspecified atom stereocenters. The lowest BCUT2D eigenvalue weighted by molar-refractivity contribution is -0.114.